The van der Waals surface area contributed by atoms with Crippen LogP contribution in [-0.2, 0) is 13.1 Å². The van der Waals surface area contributed by atoms with Gasteiger partial charge in [0, 0.05) is 43.0 Å². The molecule has 10 heteroatoms. The van der Waals surface area contributed by atoms with E-state index in [1.54, 1.807) is 4.90 Å². The molecule has 5 atom stereocenters. The second-order valence-corrected chi connectivity index (χ2v) is 9.06. The number of pyridine rings is 1. The third-order valence-electron chi connectivity index (χ3n) is 7.51. The largest absolute Gasteiger partial charge is 0.503 e. The van der Waals surface area contributed by atoms with E-state index in [-0.39, 0.29) is 17.8 Å². The SMILES string of the molecule is O=C(NCc1c(F)cc(F)cc1F)c1cn2c(c(O)c1=O)C(=O)N1[C@@H]3C[C@@H]([C@H]4C[C@H]43)[C@@H]1C2. The number of hydrogen-bond donors (Lipinski definition) is 2. The highest BCUT2D eigenvalue weighted by Gasteiger charge is 2.66. The van der Waals surface area contributed by atoms with Crippen molar-refractivity contribution in [2.75, 3.05) is 0 Å². The van der Waals surface area contributed by atoms with E-state index >= 15 is 0 Å². The maximum Gasteiger partial charge on any atom is 0.275 e. The minimum Gasteiger partial charge on any atom is -0.503 e. The first-order chi connectivity index (χ1) is 15.3. The van der Waals surface area contributed by atoms with Crippen molar-refractivity contribution in [2.24, 2.45) is 17.8 Å². The molecule has 1 aromatic carbocycles. The molecule has 0 spiro atoms. The monoisotopic (exact) mass is 445 g/mol. The van der Waals surface area contributed by atoms with Gasteiger partial charge in [0.25, 0.3) is 11.8 Å². The summed E-state index contributed by atoms with van der Waals surface area (Å²) in [5.74, 6) is -4.11. The van der Waals surface area contributed by atoms with E-state index in [4.69, 9.17) is 0 Å². The number of hydrogen-bond acceptors (Lipinski definition) is 4. The molecule has 0 radical (unpaired) electrons. The molecule has 2 bridgehead atoms. The molecule has 3 heterocycles. The first-order valence-electron chi connectivity index (χ1n) is 10.5. The van der Waals surface area contributed by atoms with E-state index in [2.05, 4.69) is 5.32 Å². The standard InChI is InChI=1S/C22H18F3N3O4/c23-8-1-14(24)12(15(25)2-8)5-26-21(31)13-6-27-7-17-11-4-16(10-3-9(10)11)28(17)22(32)18(27)20(30)19(13)29/h1-2,6,9-11,16-17,30H,3-5,7H2,(H,26,31)/t9-,10+,11-,16+,17-/m0/s1. The Morgan fingerprint density at radius 1 is 1.06 bits per heavy atom. The quantitative estimate of drug-likeness (QED) is 0.754. The Morgan fingerprint density at radius 3 is 2.47 bits per heavy atom. The highest BCUT2D eigenvalue weighted by Crippen LogP contribution is 2.64. The van der Waals surface area contributed by atoms with Crippen molar-refractivity contribution in [3.8, 4) is 5.75 Å². The molecule has 4 aliphatic rings. The molecule has 1 aromatic heterocycles. The van der Waals surface area contributed by atoms with Crippen molar-refractivity contribution in [3.63, 3.8) is 0 Å². The molecule has 6 rings (SSSR count). The van der Waals surface area contributed by atoms with E-state index < -0.39 is 58.1 Å². The fourth-order valence-corrected chi connectivity index (χ4v) is 6.05. The number of carbonyl (C=O) groups is 2. The smallest absolute Gasteiger partial charge is 0.275 e. The number of rotatable bonds is 3. The first-order valence-corrected chi connectivity index (χ1v) is 10.5. The Balaban J connectivity index is 1.30. The number of carbonyl (C=O) groups excluding carboxylic acids is 2. The number of nitrogens with one attached hydrogen (secondary N) is 1. The normalized spacial score (nSPS) is 28.9. The summed E-state index contributed by atoms with van der Waals surface area (Å²) in [4.78, 5) is 40.2. The topological polar surface area (TPSA) is 91.6 Å². The Labute approximate surface area is 179 Å². The molecule has 0 unspecified atom stereocenters. The van der Waals surface area contributed by atoms with E-state index in [1.165, 1.54) is 10.8 Å². The summed E-state index contributed by atoms with van der Waals surface area (Å²) < 4.78 is 42.2. The van der Waals surface area contributed by atoms with Gasteiger partial charge < -0.3 is 19.9 Å². The number of halogens is 3. The van der Waals surface area contributed by atoms with Crippen LogP contribution >= 0.6 is 0 Å². The van der Waals surface area contributed by atoms with E-state index in [9.17, 15) is 32.7 Å². The van der Waals surface area contributed by atoms with Gasteiger partial charge in [0.15, 0.2) is 11.4 Å². The van der Waals surface area contributed by atoms with Gasteiger partial charge in [0.2, 0.25) is 5.43 Å². The molecule has 2 aliphatic heterocycles. The second-order valence-electron chi connectivity index (χ2n) is 9.06. The fourth-order valence-electron chi connectivity index (χ4n) is 6.05. The van der Waals surface area contributed by atoms with E-state index in [0.717, 1.165) is 12.8 Å². The molecule has 2 N–H and O–H groups in total. The van der Waals surface area contributed by atoms with Gasteiger partial charge in [0.1, 0.15) is 23.0 Å². The maximum atomic E-state index is 13.8. The van der Waals surface area contributed by atoms with Gasteiger partial charge in [-0.3, -0.25) is 14.4 Å². The van der Waals surface area contributed by atoms with E-state index in [0.29, 0.717) is 36.4 Å². The lowest BCUT2D eigenvalue weighted by molar-refractivity contribution is 0.0465. The van der Waals surface area contributed by atoms with Gasteiger partial charge in [-0.15, -0.1) is 0 Å². The molecule has 2 saturated carbocycles. The summed E-state index contributed by atoms with van der Waals surface area (Å²) in [5, 5.41) is 12.7. The average molecular weight is 445 g/mol. The second kappa shape index (κ2) is 6.36. The molecule has 166 valence electrons. The highest BCUT2D eigenvalue weighted by molar-refractivity contribution is 5.99. The Bertz CT molecular complexity index is 1250. The molecular formula is C22H18F3N3O4. The van der Waals surface area contributed by atoms with E-state index in [1.807, 2.05) is 0 Å². The first kappa shape index (κ1) is 19.4. The van der Waals surface area contributed by atoms with Gasteiger partial charge in [-0.1, -0.05) is 0 Å². The Morgan fingerprint density at radius 2 is 1.75 bits per heavy atom. The summed E-state index contributed by atoms with van der Waals surface area (Å²) >= 11 is 0. The van der Waals surface area contributed by atoms with Crippen molar-refractivity contribution < 1.29 is 27.9 Å². The minimum absolute atomic E-state index is 0.0380. The molecule has 1 saturated heterocycles. The van der Waals surface area contributed by atoms with Gasteiger partial charge in [-0.05, 0) is 30.6 Å². The molecule has 3 fully saturated rings. The van der Waals surface area contributed by atoms with Crippen LogP contribution in [0, 0.1) is 35.2 Å². The van der Waals surface area contributed by atoms with Gasteiger partial charge in [0.05, 0.1) is 6.04 Å². The van der Waals surface area contributed by atoms with Gasteiger partial charge in [-0.2, -0.15) is 0 Å². The molecule has 7 nitrogen and oxygen atoms in total. The van der Waals surface area contributed by atoms with Crippen LogP contribution in [0.3, 0.4) is 0 Å². The van der Waals surface area contributed by atoms with Gasteiger partial charge in [-0.25, -0.2) is 13.2 Å². The molecule has 2 aromatic rings. The van der Waals surface area contributed by atoms with Crippen LogP contribution < -0.4 is 10.7 Å². The lowest BCUT2D eigenvalue weighted by Crippen LogP contribution is -2.53. The molecule has 2 amide bonds. The third-order valence-corrected chi connectivity index (χ3v) is 7.51. The van der Waals surface area contributed by atoms with Crippen molar-refractivity contribution >= 4 is 11.8 Å². The predicted octanol–water partition coefficient (Wildman–Crippen LogP) is 1.76. The van der Waals surface area contributed by atoms with Crippen LogP contribution in [0.2, 0.25) is 0 Å². The van der Waals surface area contributed by atoms with Crippen molar-refractivity contribution in [2.45, 2.75) is 38.0 Å². The predicted molar refractivity (Wildman–Crippen MR) is 103 cm³/mol. The number of fused-ring (bicyclic) bond motifs is 9. The van der Waals surface area contributed by atoms with Crippen LogP contribution in [0.5, 0.6) is 5.75 Å². The zero-order valence-corrected chi connectivity index (χ0v) is 16.6. The lowest BCUT2D eigenvalue weighted by Gasteiger charge is -2.40. The highest BCUT2D eigenvalue weighted by atomic mass is 19.1. The third kappa shape index (κ3) is 2.52. The number of piperidine rings is 1. The summed E-state index contributed by atoms with van der Waals surface area (Å²) in [6.45, 7) is -0.262. The average Bonchev–Trinajstić information content (AvgIpc) is 3.34. The number of nitrogens with zero attached hydrogens (tertiary/aromatic N) is 2. The Kier molecular flexibility index (Phi) is 3.86. The number of aromatic hydroxyl groups is 1. The Hall–Kier alpha value is -3.30. The zero-order valence-electron chi connectivity index (χ0n) is 16.6. The van der Waals surface area contributed by atoms with Gasteiger partial charge >= 0.3 is 0 Å². The van der Waals surface area contributed by atoms with Crippen LogP contribution in [0.25, 0.3) is 0 Å². The van der Waals surface area contributed by atoms with Crippen molar-refractivity contribution in [1.82, 2.24) is 14.8 Å². The summed E-state index contributed by atoms with van der Waals surface area (Å²) in [5.41, 5.74) is -2.17. The molecular weight excluding hydrogens is 427 g/mol. The van der Waals surface area contributed by atoms with Crippen molar-refractivity contribution in [3.05, 3.63) is 62.8 Å². The maximum absolute atomic E-state index is 13.8. The number of aromatic nitrogens is 1. The van der Waals surface area contributed by atoms with Crippen molar-refractivity contribution in [1.29, 1.82) is 0 Å². The summed E-state index contributed by atoms with van der Waals surface area (Å²) in [7, 11) is 0. The van der Waals surface area contributed by atoms with Crippen LogP contribution in [-0.4, -0.2) is 38.5 Å². The van der Waals surface area contributed by atoms with Crippen LogP contribution in [0.4, 0.5) is 13.2 Å². The van der Waals surface area contributed by atoms with Crippen LogP contribution in [0.15, 0.2) is 23.1 Å². The lowest BCUT2D eigenvalue weighted by atomic mass is 9.94. The molecule has 2 aliphatic carbocycles. The number of benzene rings is 1. The number of amides is 2. The van der Waals surface area contributed by atoms with Crippen LogP contribution in [0.1, 0.15) is 39.3 Å². The molecule has 32 heavy (non-hydrogen) atoms. The fraction of sp³-hybridized carbons (Fsp3) is 0.409. The summed E-state index contributed by atoms with van der Waals surface area (Å²) in [6.07, 6.45) is 3.24. The zero-order chi connectivity index (χ0) is 22.5. The summed E-state index contributed by atoms with van der Waals surface area (Å²) in [6, 6.07) is 1.08. The minimum atomic E-state index is -1.17.